The number of carbonyl (C=O) groups is 1. The average molecular weight is 368 g/mol. The lowest BCUT2D eigenvalue weighted by Gasteiger charge is -2.35. The molecule has 1 saturated heterocycles. The molecule has 142 valence electrons. The average Bonchev–Trinajstić information content (AvgIpc) is 2.52. The van der Waals surface area contributed by atoms with Crippen LogP contribution < -0.4 is 11.1 Å². The van der Waals surface area contributed by atoms with Crippen LogP contribution in [0.3, 0.4) is 0 Å². The van der Waals surface area contributed by atoms with Gasteiger partial charge in [-0.25, -0.2) is 0 Å². The molecule has 1 heterocycles. The monoisotopic (exact) mass is 367 g/mol. The zero-order valence-electron chi connectivity index (χ0n) is 16.0. The highest BCUT2D eigenvalue weighted by molar-refractivity contribution is 5.85. The highest BCUT2D eigenvalue weighted by atomic mass is 35.5. The lowest BCUT2D eigenvalue weighted by molar-refractivity contribution is -0.123. The number of amides is 1. The Morgan fingerprint density at radius 3 is 2.32 bits per heavy atom. The third-order valence-corrected chi connectivity index (χ3v) is 4.93. The largest absolute Gasteiger partial charge is 0.351 e. The minimum Gasteiger partial charge on any atom is -0.351 e. The third kappa shape index (κ3) is 6.61. The fourth-order valence-electron chi connectivity index (χ4n) is 3.65. The quantitative estimate of drug-likeness (QED) is 0.811. The standard InChI is InChI=1S/C20H33N3O.ClH/c1-14(2)19(21)20(24)22-10-17-7-5-6-8-18(17)13-23-11-15(3)9-16(4)12-23;/h5-8,14-16,19H,9-13,21H2,1-4H3,(H,22,24);1H/t15?,16?,19-;/m0./s1. The van der Waals surface area contributed by atoms with Crippen molar-refractivity contribution >= 4 is 18.3 Å². The fraction of sp³-hybridized carbons (Fsp3) is 0.650. The van der Waals surface area contributed by atoms with Crippen molar-refractivity contribution in [1.82, 2.24) is 10.2 Å². The summed E-state index contributed by atoms with van der Waals surface area (Å²) in [5, 5.41) is 2.99. The molecule has 4 nitrogen and oxygen atoms in total. The SMILES string of the molecule is CC1CC(C)CN(Cc2ccccc2CNC(=O)[C@@H](N)C(C)C)C1.Cl. The molecule has 1 aromatic rings. The van der Waals surface area contributed by atoms with E-state index in [4.69, 9.17) is 5.73 Å². The summed E-state index contributed by atoms with van der Waals surface area (Å²) >= 11 is 0. The maximum Gasteiger partial charge on any atom is 0.237 e. The number of hydrogen-bond acceptors (Lipinski definition) is 3. The van der Waals surface area contributed by atoms with Crippen molar-refractivity contribution in [3.8, 4) is 0 Å². The first-order chi connectivity index (χ1) is 11.4. The van der Waals surface area contributed by atoms with Gasteiger partial charge in [-0.1, -0.05) is 52.0 Å². The molecule has 0 aliphatic carbocycles. The number of halogens is 1. The summed E-state index contributed by atoms with van der Waals surface area (Å²) in [6.07, 6.45) is 1.32. The molecule has 1 aliphatic heterocycles. The van der Waals surface area contributed by atoms with Crippen LogP contribution in [0.1, 0.15) is 45.2 Å². The van der Waals surface area contributed by atoms with E-state index in [1.807, 2.05) is 19.9 Å². The predicted octanol–water partition coefficient (Wildman–Crippen LogP) is 3.19. The van der Waals surface area contributed by atoms with Gasteiger partial charge in [-0.05, 0) is 35.3 Å². The summed E-state index contributed by atoms with van der Waals surface area (Å²) in [6, 6.07) is 7.95. The first-order valence-corrected chi connectivity index (χ1v) is 9.19. The minimum atomic E-state index is -0.444. The molecule has 0 bridgehead atoms. The van der Waals surface area contributed by atoms with Gasteiger partial charge in [0.15, 0.2) is 0 Å². The van der Waals surface area contributed by atoms with E-state index in [9.17, 15) is 4.79 Å². The Balaban J connectivity index is 0.00000312. The molecule has 0 radical (unpaired) electrons. The summed E-state index contributed by atoms with van der Waals surface area (Å²) < 4.78 is 0. The smallest absolute Gasteiger partial charge is 0.237 e. The second-order valence-electron chi connectivity index (χ2n) is 7.90. The molecule has 2 rings (SSSR count). The van der Waals surface area contributed by atoms with Crippen molar-refractivity contribution in [3.05, 3.63) is 35.4 Å². The second kappa shape index (κ2) is 10.1. The highest BCUT2D eigenvalue weighted by Gasteiger charge is 2.22. The number of nitrogens with zero attached hydrogens (tertiary/aromatic N) is 1. The zero-order valence-corrected chi connectivity index (χ0v) is 16.8. The lowest BCUT2D eigenvalue weighted by Crippen LogP contribution is -2.43. The molecule has 1 fully saturated rings. The van der Waals surface area contributed by atoms with Crippen LogP contribution in [0, 0.1) is 17.8 Å². The molecule has 5 heteroatoms. The molecular formula is C20H34ClN3O. The fourth-order valence-corrected chi connectivity index (χ4v) is 3.65. The van der Waals surface area contributed by atoms with Crippen molar-refractivity contribution < 1.29 is 4.79 Å². The Morgan fingerprint density at radius 2 is 1.76 bits per heavy atom. The molecule has 3 atom stereocenters. The molecule has 1 amide bonds. The minimum absolute atomic E-state index is 0. The molecule has 0 spiro atoms. The van der Waals surface area contributed by atoms with Gasteiger partial charge in [-0.3, -0.25) is 9.69 Å². The Kier molecular flexibility index (Phi) is 8.91. The molecule has 1 aliphatic rings. The van der Waals surface area contributed by atoms with Gasteiger partial charge >= 0.3 is 0 Å². The van der Waals surface area contributed by atoms with Crippen molar-refractivity contribution in [3.63, 3.8) is 0 Å². The number of hydrogen-bond donors (Lipinski definition) is 2. The number of nitrogens with two attached hydrogens (primary N) is 1. The number of carbonyl (C=O) groups excluding carboxylic acids is 1. The number of likely N-dealkylation sites (tertiary alicyclic amines) is 1. The van der Waals surface area contributed by atoms with Gasteiger partial charge in [-0.2, -0.15) is 0 Å². The topological polar surface area (TPSA) is 58.4 Å². The van der Waals surface area contributed by atoms with Gasteiger partial charge in [0.1, 0.15) is 0 Å². The van der Waals surface area contributed by atoms with Crippen LogP contribution in [0.15, 0.2) is 24.3 Å². The molecule has 25 heavy (non-hydrogen) atoms. The van der Waals surface area contributed by atoms with E-state index in [1.165, 1.54) is 17.5 Å². The molecular weight excluding hydrogens is 334 g/mol. The Labute approximate surface area is 158 Å². The first-order valence-electron chi connectivity index (χ1n) is 9.19. The summed E-state index contributed by atoms with van der Waals surface area (Å²) in [7, 11) is 0. The van der Waals surface area contributed by atoms with Crippen LogP contribution in [0.25, 0.3) is 0 Å². The number of benzene rings is 1. The van der Waals surface area contributed by atoms with Crippen molar-refractivity contribution in [2.75, 3.05) is 13.1 Å². The van der Waals surface area contributed by atoms with Crippen LogP contribution in [-0.2, 0) is 17.9 Å². The Morgan fingerprint density at radius 1 is 1.20 bits per heavy atom. The van der Waals surface area contributed by atoms with E-state index in [0.717, 1.165) is 31.5 Å². The maximum absolute atomic E-state index is 12.1. The molecule has 2 unspecified atom stereocenters. The van der Waals surface area contributed by atoms with Crippen LogP contribution >= 0.6 is 12.4 Å². The second-order valence-corrected chi connectivity index (χ2v) is 7.90. The predicted molar refractivity (Wildman–Crippen MR) is 107 cm³/mol. The zero-order chi connectivity index (χ0) is 17.7. The summed E-state index contributed by atoms with van der Waals surface area (Å²) in [4.78, 5) is 14.6. The molecule has 0 aromatic heterocycles. The van der Waals surface area contributed by atoms with E-state index in [2.05, 4.69) is 42.3 Å². The van der Waals surface area contributed by atoms with Crippen molar-refractivity contribution in [2.24, 2.45) is 23.5 Å². The van der Waals surface area contributed by atoms with E-state index >= 15 is 0 Å². The molecule has 0 saturated carbocycles. The Bertz CT molecular complexity index is 539. The number of rotatable bonds is 6. The van der Waals surface area contributed by atoms with Gasteiger partial charge in [0.05, 0.1) is 6.04 Å². The van der Waals surface area contributed by atoms with E-state index < -0.39 is 6.04 Å². The number of piperidine rings is 1. The molecule has 3 N–H and O–H groups in total. The van der Waals surface area contributed by atoms with Crippen molar-refractivity contribution in [2.45, 2.75) is 53.2 Å². The van der Waals surface area contributed by atoms with Gasteiger partial charge in [0.25, 0.3) is 0 Å². The Hall–Kier alpha value is -1.10. The van der Waals surface area contributed by atoms with Crippen LogP contribution in [0.5, 0.6) is 0 Å². The normalized spacial score (nSPS) is 22.3. The van der Waals surface area contributed by atoms with Crippen LogP contribution in [-0.4, -0.2) is 29.9 Å². The van der Waals surface area contributed by atoms with Crippen LogP contribution in [0.4, 0.5) is 0 Å². The highest BCUT2D eigenvalue weighted by Crippen LogP contribution is 2.23. The van der Waals surface area contributed by atoms with E-state index in [1.54, 1.807) is 0 Å². The number of nitrogens with one attached hydrogen (secondary N) is 1. The van der Waals surface area contributed by atoms with Gasteiger partial charge in [0.2, 0.25) is 5.91 Å². The summed E-state index contributed by atoms with van der Waals surface area (Å²) in [5.74, 6) is 1.59. The third-order valence-electron chi connectivity index (χ3n) is 4.93. The van der Waals surface area contributed by atoms with Gasteiger partial charge in [-0.15, -0.1) is 12.4 Å². The van der Waals surface area contributed by atoms with Gasteiger partial charge < -0.3 is 11.1 Å². The van der Waals surface area contributed by atoms with Crippen molar-refractivity contribution in [1.29, 1.82) is 0 Å². The summed E-state index contributed by atoms with van der Waals surface area (Å²) in [5.41, 5.74) is 8.41. The first kappa shape index (κ1) is 21.9. The van der Waals surface area contributed by atoms with Crippen LogP contribution in [0.2, 0.25) is 0 Å². The van der Waals surface area contributed by atoms with E-state index in [-0.39, 0.29) is 24.2 Å². The van der Waals surface area contributed by atoms with Gasteiger partial charge in [0, 0.05) is 26.2 Å². The summed E-state index contributed by atoms with van der Waals surface area (Å²) in [6.45, 7) is 12.4. The van der Waals surface area contributed by atoms with E-state index in [0.29, 0.717) is 6.54 Å². The molecule has 1 aromatic carbocycles. The lowest BCUT2D eigenvalue weighted by atomic mass is 9.91. The maximum atomic E-state index is 12.1.